The van der Waals surface area contributed by atoms with Crippen LogP contribution in [0.2, 0.25) is 0 Å². The van der Waals surface area contributed by atoms with Gasteiger partial charge in [0.1, 0.15) is 5.82 Å². The van der Waals surface area contributed by atoms with E-state index >= 15 is 0 Å². The van der Waals surface area contributed by atoms with Crippen LogP contribution in [0.3, 0.4) is 0 Å². The van der Waals surface area contributed by atoms with Gasteiger partial charge in [0, 0.05) is 12.3 Å². The van der Waals surface area contributed by atoms with Gasteiger partial charge in [-0.15, -0.1) is 0 Å². The monoisotopic (exact) mass is 210 g/mol. The summed E-state index contributed by atoms with van der Waals surface area (Å²) in [6.07, 6.45) is 2.55. The minimum Gasteiger partial charge on any atom is -0.362 e. The van der Waals surface area contributed by atoms with E-state index in [-0.39, 0.29) is 5.82 Å². The number of anilines is 1. The van der Waals surface area contributed by atoms with Crippen molar-refractivity contribution in [1.82, 2.24) is 15.2 Å². The van der Waals surface area contributed by atoms with E-state index in [1.807, 2.05) is 0 Å². The van der Waals surface area contributed by atoms with E-state index in [1.54, 1.807) is 12.3 Å². The summed E-state index contributed by atoms with van der Waals surface area (Å²) in [5.41, 5.74) is 0.792. The Hall–Kier alpha value is -1.98. The first kappa shape index (κ1) is 9.57. The predicted octanol–water partition coefficient (Wildman–Crippen LogP) is 1.69. The van der Waals surface area contributed by atoms with Gasteiger partial charge in [0.25, 0.3) is 0 Å². The van der Waals surface area contributed by atoms with Crippen molar-refractivity contribution in [3.8, 4) is 0 Å². The molecule has 0 aromatic carbocycles. The number of aromatic amines is 1. The summed E-state index contributed by atoms with van der Waals surface area (Å²) in [6, 6.07) is 2.52. The van der Waals surface area contributed by atoms with Crippen LogP contribution in [0.1, 0.15) is 5.69 Å². The minimum atomic E-state index is -0.713. The first-order valence-electron chi connectivity index (χ1n) is 4.29. The number of aromatic nitrogens is 3. The fourth-order valence-corrected chi connectivity index (χ4v) is 1.11. The Morgan fingerprint density at radius 3 is 2.93 bits per heavy atom. The highest BCUT2D eigenvalue weighted by Crippen LogP contribution is 2.11. The lowest BCUT2D eigenvalue weighted by Gasteiger charge is -2.04. The average molecular weight is 210 g/mol. The van der Waals surface area contributed by atoms with Gasteiger partial charge in [-0.1, -0.05) is 0 Å². The van der Waals surface area contributed by atoms with Gasteiger partial charge in [-0.2, -0.15) is 5.10 Å². The smallest absolute Gasteiger partial charge is 0.168 e. The Bertz CT molecular complexity index is 441. The molecule has 6 heteroatoms. The molecule has 15 heavy (non-hydrogen) atoms. The molecule has 78 valence electrons. The first-order valence-corrected chi connectivity index (χ1v) is 4.29. The molecule has 2 N–H and O–H groups in total. The summed E-state index contributed by atoms with van der Waals surface area (Å²) in [5.74, 6) is -1.39. The molecule has 0 amide bonds. The summed E-state index contributed by atoms with van der Waals surface area (Å²) in [7, 11) is 0. The maximum absolute atomic E-state index is 13.1. The molecular weight excluding hydrogens is 202 g/mol. The molecule has 0 fully saturated rings. The van der Waals surface area contributed by atoms with E-state index in [1.165, 1.54) is 0 Å². The highest BCUT2D eigenvalue weighted by atomic mass is 19.1. The van der Waals surface area contributed by atoms with E-state index < -0.39 is 11.6 Å². The van der Waals surface area contributed by atoms with Crippen molar-refractivity contribution < 1.29 is 8.78 Å². The van der Waals surface area contributed by atoms with Gasteiger partial charge >= 0.3 is 0 Å². The van der Waals surface area contributed by atoms with Crippen molar-refractivity contribution in [2.75, 3.05) is 5.32 Å². The van der Waals surface area contributed by atoms with E-state index in [0.29, 0.717) is 6.54 Å². The number of pyridine rings is 1. The van der Waals surface area contributed by atoms with Crippen LogP contribution in [0.25, 0.3) is 0 Å². The minimum absolute atomic E-state index is 0.0194. The summed E-state index contributed by atoms with van der Waals surface area (Å²) >= 11 is 0. The van der Waals surface area contributed by atoms with Crippen molar-refractivity contribution in [1.29, 1.82) is 0 Å². The largest absolute Gasteiger partial charge is 0.362 e. The molecule has 0 unspecified atom stereocenters. The second-order valence-corrected chi connectivity index (χ2v) is 2.92. The number of hydrogen-bond acceptors (Lipinski definition) is 3. The van der Waals surface area contributed by atoms with Gasteiger partial charge in [-0.3, -0.25) is 5.10 Å². The number of nitrogens with one attached hydrogen (secondary N) is 2. The molecule has 0 spiro atoms. The van der Waals surface area contributed by atoms with Crippen molar-refractivity contribution in [3.05, 3.63) is 41.9 Å². The maximum Gasteiger partial charge on any atom is 0.168 e. The first-order chi connectivity index (χ1) is 7.25. The quantitative estimate of drug-likeness (QED) is 0.810. The van der Waals surface area contributed by atoms with Gasteiger partial charge in [0.2, 0.25) is 0 Å². The Morgan fingerprint density at radius 1 is 1.40 bits per heavy atom. The molecule has 0 radical (unpaired) electrons. The summed E-state index contributed by atoms with van der Waals surface area (Å²) in [6.45, 7) is 0.357. The van der Waals surface area contributed by atoms with Gasteiger partial charge in [0.05, 0.1) is 18.4 Å². The van der Waals surface area contributed by atoms with E-state index in [9.17, 15) is 8.78 Å². The molecular formula is C9H8F2N4. The Labute approximate surface area is 84.4 Å². The van der Waals surface area contributed by atoms with Crippen molar-refractivity contribution >= 4 is 5.82 Å². The van der Waals surface area contributed by atoms with Gasteiger partial charge in [0.15, 0.2) is 11.6 Å². The van der Waals surface area contributed by atoms with Crippen LogP contribution < -0.4 is 5.32 Å². The summed E-state index contributed by atoms with van der Waals surface area (Å²) < 4.78 is 25.6. The highest BCUT2D eigenvalue weighted by molar-refractivity contribution is 5.36. The molecule has 4 nitrogen and oxygen atoms in total. The number of nitrogens with zero attached hydrogens (tertiary/aromatic N) is 2. The molecule has 2 aromatic rings. The number of hydrogen-bond donors (Lipinski definition) is 2. The van der Waals surface area contributed by atoms with E-state index in [0.717, 1.165) is 18.0 Å². The lowest BCUT2D eigenvalue weighted by atomic mass is 10.4. The van der Waals surface area contributed by atoms with Crippen molar-refractivity contribution in [2.45, 2.75) is 6.54 Å². The van der Waals surface area contributed by atoms with Crippen LogP contribution in [0.5, 0.6) is 0 Å². The number of rotatable bonds is 3. The molecule has 0 aliphatic rings. The second-order valence-electron chi connectivity index (χ2n) is 2.92. The van der Waals surface area contributed by atoms with E-state index in [2.05, 4.69) is 20.5 Å². The fourth-order valence-electron chi connectivity index (χ4n) is 1.11. The third kappa shape index (κ3) is 2.28. The Balaban J connectivity index is 2.05. The molecule has 0 saturated heterocycles. The molecule has 2 rings (SSSR count). The Kier molecular flexibility index (Phi) is 2.57. The molecule has 2 aromatic heterocycles. The molecule has 0 atom stereocenters. The van der Waals surface area contributed by atoms with Crippen LogP contribution in [-0.4, -0.2) is 15.2 Å². The third-order valence-corrected chi connectivity index (χ3v) is 1.81. The zero-order chi connectivity index (χ0) is 10.7. The van der Waals surface area contributed by atoms with Crippen molar-refractivity contribution in [3.63, 3.8) is 0 Å². The summed E-state index contributed by atoms with van der Waals surface area (Å²) in [5, 5.41) is 9.15. The van der Waals surface area contributed by atoms with E-state index in [4.69, 9.17) is 0 Å². The molecule has 2 heterocycles. The van der Waals surface area contributed by atoms with Gasteiger partial charge in [-0.25, -0.2) is 13.8 Å². The summed E-state index contributed by atoms with van der Waals surface area (Å²) in [4.78, 5) is 3.58. The number of halogens is 2. The fraction of sp³-hybridized carbons (Fsp3) is 0.111. The zero-order valence-electron chi connectivity index (χ0n) is 7.67. The Morgan fingerprint density at radius 2 is 2.27 bits per heavy atom. The third-order valence-electron chi connectivity index (χ3n) is 1.81. The standard InChI is InChI=1S/C9H8F2N4/c10-6-3-8(11)9(12-4-6)13-5-7-1-2-14-15-7/h1-4H,5H2,(H,12,13)(H,14,15). The topological polar surface area (TPSA) is 53.6 Å². The second kappa shape index (κ2) is 4.04. The molecule has 0 saturated carbocycles. The van der Waals surface area contributed by atoms with Gasteiger partial charge < -0.3 is 5.32 Å². The molecule has 0 bridgehead atoms. The van der Waals surface area contributed by atoms with Crippen LogP contribution >= 0.6 is 0 Å². The molecule has 0 aliphatic heterocycles. The normalized spacial score (nSPS) is 10.3. The van der Waals surface area contributed by atoms with Crippen LogP contribution in [0, 0.1) is 11.6 Å². The lowest BCUT2D eigenvalue weighted by Crippen LogP contribution is -2.04. The average Bonchev–Trinajstić information content (AvgIpc) is 2.69. The van der Waals surface area contributed by atoms with Crippen LogP contribution in [0.15, 0.2) is 24.5 Å². The predicted molar refractivity (Wildman–Crippen MR) is 50.1 cm³/mol. The lowest BCUT2D eigenvalue weighted by molar-refractivity contribution is 0.575. The SMILES string of the molecule is Fc1cnc(NCc2ccn[nH]2)c(F)c1. The van der Waals surface area contributed by atoms with Crippen LogP contribution in [-0.2, 0) is 6.54 Å². The van der Waals surface area contributed by atoms with Gasteiger partial charge in [-0.05, 0) is 6.07 Å². The number of H-pyrrole nitrogens is 1. The maximum atomic E-state index is 13.1. The zero-order valence-corrected chi connectivity index (χ0v) is 7.67. The van der Waals surface area contributed by atoms with Crippen LogP contribution in [0.4, 0.5) is 14.6 Å². The van der Waals surface area contributed by atoms with Crippen molar-refractivity contribution in [2.24, 2.45) is 0 Å². The highest BCUT2D eigenvalue weighted by Gasteiger charge is 2.04. The molecule has 0 aliphatic carbocycles.